The molecule has 0 bridgehead atoms. The zero-order valence-corrected chi connectivity index (χ0v) is 16.4. The van der Waals surface area contributed by atoms with Gasteiger partial charge in [-0.05, 0) is 31.5 Å². The molecule has 2 aromatic heterocycles. The van der Waals surface area contributed by atoms with Crippen molar-refractivity contribution in [2.75, 3.05) is 6.61 Å². The Morgan fingerprint density at radius 2 is 2.18 bits per heavy atom. The second-order valence-corrected chi connectivity index (χ2v) is 7.29. The molecule has 0 fully saturated rings. The van der Waals surface area contributed by atoms with E-state index in [-0.39, 0.29) is 17.9 Å². The summed E-state index contributed by atoms with van der Waals surface area (Å²) in [7, 11) is 0. The smallest absolute Gasteiger partial charge is 0.259 e. The number of carbonyl (C=O) groups excluding carboxylic acids is 1. The van der Waals surface area contributed by atoms with Crippen molar-refractivity contribution in [2.45, 2.75) is 20.3 Å². The lowest BCUT2D eigenvalue weighted by Crippen LogP contribution is -2.23. The van der Waals surface area contributed by atoms with E-state index in [1.807, 2.05) is 38.1 Å². The summed E-state index contributed by atoms with van der Waals surface area (Å²) in [6, 6.07) is 7.32. The molecule has 0 atom stereocenters. The first-order chi connectivity index (χ1) is 13.5. The minimum absolute atomic E-state index is 0.0763. The van der Waals surface area contributed by atoms with Crippen LogP contribution in [0, 0.1) is 13.8 Å². The molecule has 0 spiro atoms. The summed E-state index contributed by atoms with van der Waals surface area (Å²) in [6.07, 6.45) is 3.08. The molecule has 2 heterocycles. The van der Waals surface area contributed by atoms with Crippen LogP contribution in [-0.4, -0.2) is 28.7 Å². The van der Waals surface area contributed by atoms with Crippen LogP contribution in [0.3, 0.4) is 0 Å². The number of hydrogen-bond donors (Lipinski definition) is 2. The molecule has 0 radical (unpaired) electrons. The maximum absolute atomic E-state index is 12.3. The van der Waals surface area contributed by atoms with Crippen molar-refractivity contribution in [1.82, 2.24) is 15.4 Å². The zero-order valence-electron chi connectivity index (χ0n) is 15.6. The van der Waals surface area contributed by atoms with Gasteiger partial charge in [0.1, 0.15) is 23.0 Å². The number of hydrazone groups is 1. The monoisotopic (exact) mass is 396 g/mol. The molecule has 28 heavy (non-hydrogen) atoms. The van der Waals surface area contributed by atoms with Gasteiger partial charge in [0.15, 0.2) is 0 Å². The summed E-state index contributed by atoms with van der Waals surface area (Å²) in [5, 5.41) is 4.55. The largest absolute Gasteiger partial charge is 0.489 e. The first-order valence-corrected chi connectivity index (χ1v) is 9.44. The number of nitrogens with zero attached hydrogens (tertiary/aromatic N) is 2. The van der Waals surface area contributed by atoms with Crippen LogP contribution in [0.2, 0.25) is 0 Å². The van der Waals surface area contributed by atoms with Gasteiger partial charge in [-0.25, -0.2) is 10.4 Å². The molecule has 7 nitrogen and oxygen atoms in total. The second-order valence-electron chi connectivity index (χ2n) is 6.08. The number of para-hydroxylation sites is 1. The van der Waals surface area contributed by atoms with Gasteiger partial charge in [0.2, 0.25) is 5.91 Å². The fourth-order valence-electron chi connectivity index (χ4n) is 2.62. The normalized spacial score (nSPS) is 11.1. The highest BCUT2D eigenvalue weighted by Gasteiger charge is 2.13. The van der Waals surface area contributed by atoms with Crippen molar-refractivity contribution in [3.63, 3.8) is 0 Å². The summed E-state index contributed by atoms with van der Waals surface area (Å²) < 4.78 is 5.53. The number of ether oxygens (including phenoxy) is 1. The molecule has 1 aromatic carbocycles. The SMILES string of the molecule is C=CCOc1ccccc1/C=N\NC(=O)Cc1nc2sc(C)c(C)c2c(=O)[nH]1. The molecule has 0 aliphatic carbocycles. The van der Waals surface area contributed by atoms with Crippen molar-refractivity contribution in [1.29, 1.82) is 0 Å². The summed E-state index contributed by atoms with van der Waals surface area (Å²) in [4.78, 5) is 33.2. The lowest BCUT2D eigenvalue weighted by molar-refractivity contribution is -0.120. The highest BCUT2D eigenvalue weighted by Crippen LogP contribution is 2.25. The van der Waals surface area contributed by atoms with Crippen LogP contribution >= 0.6 is 11.3 Å². The third kappa shape index (κ3) is 4.34. The maximum Gasteiger partial charge on any atom is 0.259 e. The van der Waals surface area contributed by atoms with Gasteiger partial charge < -0.3 is 9.72 Å². The summed E-state index contributed by atoms with van der Waals surface area (Å²) in [5.74, 6) is 0.565. The van der Waals surface area contributed by atoms with Gasteiger partial charge in [0, 0.05) is 10.4 Å². The van der Waals surface area contributed by atoms with Crippen molar-refractivity contribution in [2.24, 2.45) is 5.10 Å². The van der Waals surface area contributed by atoms with Gasteiger partial charge in [0.25, 0.3) is 5.56 Å². The van der Waals surface area contributed by atoms with Crippen LogP contribution in [-0.2, 0) is 11.2 Å². The van der Waals surface area contributed by atoms with E-state index in [0.717, 1.165) is 16.0 Å². The maximum atomic E-state index is 12.3. The lowest BCUT2D eigenvalue weighted by Gasteiger charge is -2.06. The van der Waals surface area contributed by atoms with Crippen molar-refractivity contribution in [3.8, 4) is 5.75 Å². The Morgan fingerprint density at radius 3 is 2.96 bits per heavy atom. The van der Waals surface area contributed by atoms with E-state index >= 15 is 0 Å². The number of aromatic amines is 1. The number of aryl methyl sites for hydroxylation is 2. The van der Waals surface area contributed by atoms with Crippen molar-refractivity contribution < 1.29 is 9.53 Å². The highest BCUT2D eigenvalue weighted by atomic mass is 32.1. The number of nitrogens with one attached hydrogen (secondary N) is 2. The van der Waals surface area contributed by atoms with Crippen LogP contribution in [0.15, 0.2) is 46.8 Å². The molecule has 0 saturated heterocycles. The quantitative estimate of drug-likeness (QED) is 0.365. The van der Waals surface area contributed by atoms with Gasteiger partial charge in [-0.3, -0.25) is 9.59 Å². The lowest BCUT2D eigenvalue weighted by atomic mass is 10.2. The van der Waals surface area contributed by atoms with Gasteiger partial charge >= 0.3 is 0 Å². The molecular weight excluding hydrogens is 376 g/mol. The number of carbonyl (C=O) groups is 1. The molecule has 0 aliphatic rings. The van der Waals surface area contributed by atoms with Crippen molar-refractivity contribution >= 4 is 33.7 Å². The summed E-state index contributed by atoms with van der Waals surface area (Å²) >= 11 is 1.44. The molecule has 0 saturated carbocycles. The predicted molar refractivity (Wildman–Crippen MR) is 111 cm³/mol. The number of benzene rings is 1. The van der Waals surface area contributed by atoms with E-state index < -0.39 is 0 Å². The Balaban J connectivity index is 1.68. The van der Waals surface area contributed by atoms with Gasteiger partial charge in [-0.15, -0.1) is 11.3 Å². The first kappa shape index (κ1) is 19.5. The number of hydrogen-bond acceptors (Lipinski definition) is 6. The average Bonchev–Trinajstić information content (AvgIpc) is 2.95. The van der Waals surface area contributed by atoms with Crippen LogP contribution in [0.25, 0.3) is 10.2 Å². The van der Waals surface area contributed by atoms with E-state index in [1.165, 1.54) is 17.6 Å². The van der Waals surface area contributed by atoms with Crippen LogP contribution in [0.1, 0.15) is 21.8 Å². The Labute approximate surface area is 165 Å². The predicted octanol–water partition coefficient (Wildman–Crippen LogP) is 2.86. The molecule has 0 aliphatic heterocycles. The minimum Gasteiger partial charge on any atom is -0.489 e. The summed E-state index contributed by atoms with van der Waals surface area (Å²) in [6.45, 7) is 7.83. The highest BCUT2D eigenvalue weighted by molar-refractivity contribution is 7.18. The minimum atomic E-state index is -0.381. The molecule has 8 heteroatoms. The first-order valence-electron chi connectivity index (χ1n) is 8.63. The van der Waals surface area contributed by atoms with Gasteiger partial charge in [-0.2, -0.15) is 5.10 Å². The van der Waals surface area contributed by atoms with Crippen LogP contribution < -0.4 is 15.7 Å². The molecule has 3 aromatic rings. The second kappa shape index (κ2) is 8.62. The van der Waals surface area contributed by atoms with Crippen LogP contribution in [0.4, 0.5) is 0 Å². The van der Waals surface area contributed by atoms with E-state index in [4.69, 9.17) is 4.74 Å². The summed E-state index contributed by atoms with van der Waals surface area (Å²) in [5.41, 5.74) is 3.86. The third-order valence-corrected chi connectivity index (χ3v) is 5.19. The van der Waals surface area contributed by atoms with Gasteiger partial charge in [0.05, 0.1) is 18.0 Å². The molecular formula is C20H20N4O3S. The van der Waals surface area contributed by atoms with E-state index in [2.05, 4.69) is 27.1 Å². The Morgan fingerprint density at radius 1 is 1.39 bits per heavy atom. The van der Waals surface area contributed by atoms with E-state index in [9.17, 15) is 9.59 Å². The van der Waals surface area contributed by atoms with E-state index in [0.29, 0.717) is 28.4 Å². The standard InChI is InChI=1S/C20H20N4O3S/c1-4-9-27-15-8-6-5-7-14(15)11-21-24-17(25)10-16-22-19(26)18-12(2)13(3)28-20(18)23-16/h4-8,11H,1,9-10H2,2-3H3,(H,24,25)(H,22,23,26)/b21-11-. The zero-order chi connectivity index (χ0) is 20.1. The Kier molecular flexibility index (Phi) is 6.00. The number of thiophene rings is 1. The molecule has 144 valence electrons. The number of fused-ring (bicyclic) bond motifs is 1. The fraction of sp³-hybridized carbons (Fsp3) is 0.200. The Bertz CT molecular complexity index is 1110. The average molecular weight is 396 g/mol. The third-order valence-electron chi connectivity index (χ3n) is 4.08. The molecule has 1 amide bonds. The van der Waals surface area contributed by atoms with E-state index in [1.54, 1.807) is 6.08 Å². The molecule has 3 rings (SSSR count). The molecule has 2 N–H and O–H groups in total. The fourth-order valence-corrected chi connectivity index (χ4v) is 3.66. The number of H-pyrrole nitrogens is 1. The molecule has 0 unspecified atom stereocenters. The van der Waals surface area contributed by atoms with Crippen LogP contribution in [0.5, 0.6) is 5.75 Å². The number of aromatic nitrogens is 2. The topological polar surface area (TPSA) is 96.4 Å². The number of rotatable bonds is 7. The van der Waals surface area contributed by atoms with Crippen molar-refractivity contribution in [3.05, 3.63) is 69.1 Å². The number of amides is 1. The van der Waals surface area contributed by atoms with Gasteiger partial charge in [-0.1, -0.05) is 24.8 Å². The Hall–Kier alpha value is -3.26.